The van der Waals surface area contributed by atoms with Gasteiger partial charge in [0.1, 0.15) is 11.7 Å². The van der Waals surface area contributed by atoms with Gasteiger partial charge in [-0.1, -0.05) is 41.9 Å². The fourth-order valence-corrected chi connectivity index (χ4v) is 6.13. The van der Waals surface area contributed by atoms with E-state index in [1.165, 1.54) is 12.1 Å². The van der Waals surface area contributed by atoms with Gasteiger partial charge in [-0.05, 0) is 61.9 Å². The summed E-state index contributed by atoms with van der Waals surface area (Å²) in [6.07, 6.45) is 1.25. The zero-order valence-electron chi connectivity index (χ0n) is 15.5. The molecule has 4 atom stereocenters. The average Bonchev–Trinajstić information content (AvgIpc) is 2.67. The topological polar surface area (TPSA) is 72.8 Å². The molecule has 1 aliphatic heterocycles. The largest absolute Gasteiger partial charge is 0.387 e. The Morgan fingerprint density at radius 1 is 1.14 bits per heavy atom. The fourth-order valence-electron chi connectivity index (χ4n) is 4.27. The van der Waals surface area contributed by atoms with Crippen molar-refractivity contribution in [2.45, 2.75) is 48.4 Å². The first-order chi connectivity index (χ1) is 13.2. The summed E-state index contributed by atoms with van der Waals surface area (Å²) in [5.74, 6) is -0.332. The highest BCUT2D eigenvalue weighted by Gasteiger charge is 2.56. The number of sulfone groups is 1. The molecular formula is C21H23ClO5S. The Morgan fingerprint density at radius 2 is 1.82 bits per heavy atom. The third kappa shape index (κ3) is 3.48. The van der Waals surface area contributed by atoms with E-state index < -0.39 is 27.1 Å². The van der Waals surface area contributed by atoms with Gasteiger partial charge < -0.3 is 5.11 Å². The molecule has 2 bridgehead atoms. The number of fused-ring (bicyclic) bond motifs is 2. The maximum absolute atomic E-state index is 13.3. The second-order valence-corrected chi connectivity index (χ2v) is 10.4. The van der Waals surface area contributed by atoms with E-state index in [9.17, 15) is 13.5 Å². The predicted molar refractivity (Wildman–Crippen MR) is 106 cm³/mol. The van der Waals surface area contributed by atoms with Crippen LogP contribution in [0.4, 0.5) is 0 Å². The fraction of sp³-hybridized carbons (Fsp3) is 0.429. The second kappa shape index (κ2) is 7.11. The Morgan fingerprint density at radius 3 is 2.50 bits per heavy atom. The van der Waals surface area contributed by atoms with Gasteiger partial charge >= 0.3 is 0 Å². The molecule has 0 radical (unpaired) electrons. The van der Waals surface area contributed by atoms with Gasteiger partial charge in [0.05, 0.1) is 16.2 Å². The summed E-state index contributed by atoms with van der Waals surface area (Å²) in [5.41, 5.74) is -1.35. The van der Waals surface area contributed by atoms with Crippen molar-refractivity contribution in [2.24, 2.45) is 5.92 Å². The van der Waals surface area contributed by atoms with Crippen molar-refractivity contribution in [2.75, 3.05) is 5.75 Å². The monoisotopic (exact) mass is 422 g/mol. The molecule has 5 nitrogen and oxygen atoms in total. The molecule has 0 spiro atoms. The van der Waals surface area contributed by atoms with Crippen LogP contribution >= 0.6 is 11.6 Å². The van der Waals surface area contributed by atoms with Crippen LogP contribution in [-0.2, 0) is 25.2 Å². The SMILES string of the molecule is CC1(O)CCC2CC1OO[C@@]2(CS(=O)(=O)c1ccc(Cl)cc1)c1ccccc1. The van der Waals surface area contributed by atoms with Crippen LogP contribution in [-0.4, -0.2) is 31.0 Å². The molecule has 0 amide bonds. The van der Waals surface area contributed by atoms with Crippen molar-refractivity contribution >= 4 is 21.4 Å². The number of benzene rings is 2. The summed E-state index contributed by atoms with van der Waals surface area (Å²) in [4.78, 5) is 11.7. The van der Waals surface area contributed by atoms with Crippen LogP contribution in [0, 0.1) is 5.92 Å². The van der Waals surface area contributed by atoms with Crippen molar-refractivity contribution < 1.29 is 23.3 Å². The molecule has 1 saturated carbocycles. The Hall–Kier alpha value is -1.44. The molecule has 4 rings (SSSR count). The first-order valence-corrected chi connectivity index (χ1v) is 11.4. The van der Waals surface area contributed by atoms with Crippen LogP contribution < -0.4 is 0 Å². The van der Waals surface area contributed by atoms with Crippen molar-refractivity contribution in [3.8, 4) is 0 Å². The maximum Gasteiger partial charge on any atom is 0.181 e. The molecule has 0 aromatic heterocycles. The summed E-state index contributed by atoms with van der Waals surface area (Å²) in [6, 6.07) is 15.5. The van der Waals surface area contributed by atoms with Crippen molar-refractivity contribution in [1.29, 1.82) is 0 Å². The van der Waals surface area contributed by atoms with E-state index >= 15 is 0 Å². The van der Waals surface area contributed by atoms with Crippen LogP contribution in [0.2, 0.25) is 5.02 Å². The van der Waals surface area contributed by atoms with Gasteiger partial charge in [-0.3, -0.25) is 0 Å². The number of aliphatic hydroxyl groups is 1. The zero-order valence-corrected chi connectivity index (χ0v) is 17.1. The summed E-state index contributed by atoms with van der Waals surface area (Å²) in [6.45, 7) is 1.73. The quantitative estimate of drug-likeness (QED) is 0.756. The number of hydrogen-bond acceptors (Lipinski definition) is 5. The minimum atomic E-state index is -3.67. The van der Waals surface area contributed by atoms with Crippen LogP contribution in [0.3, 0.4) is 0 Å². The molecule has 1 heterocycles. The highest BCUT2D eigenvalue weighted by atomic mass is 35.5. The molecule has 1 saturated heterocycles. The lowest BCUT2D eigenvalue weighted by Crippen LogP contribution is -2.58. The Balaban J connectivity index is 1.75. The molecule has 1 N–H and O–H groups in total. The molecular weight excluding hydrogens is 400 g/mol. The van der Waals surface area contributed by atoms with Gasteiger partial charge in [-0.2, -0.15) is 0 Å². The van der Waals surface area contributed by atoms with E-state index in [-0.39, 0.29) is 16.6 Å². The second-order valence-electron chi connectivity index (χ2n) is 7.97. The van der Waals surface area contributed by atoms with E-state index in [1.54, 1.807) is 19.1 Å². The van der Waals surface area contributed by atoms with Crippen molar-refractivity contribution in [3.63, 3.8) is 0 Å². The standard InChI is InChI=1S/C21H23ClO5S/c1-20(23)12-11-16-13-19(20)26-27-21(16,15-5-3-2-4-6-15)14-28(24,25)18-9-7-17(22)8-10-18/h2-10,16,19,23H,11-14H2,1H3/t16?,19?,20?,21-/m0/s1. The first kappa shape index (κ1) is 19.9. The first-order valence-electron chi connectivity index (χ1n) is 9.34. The Bertz CT molecular complexity index is 943. The molecule has 2 fully saturated rings. The molecule has 150 valence electrons. The molecule has 3 unspecified atom stereocenters. The predicted octanol–water partition coefficient (Wildman–Crippen LogP) is 3.89. The van der Waals surface area contributed by atoms with Crippen LogP contribution in [0.25, 0.3) is 0 Å². The normalized spacial score (nSPS) is 32.8. The van der Waals surface area contributed by atoms with Crippen molar-refractivity contribution in [1.82, 2.24) is 0 Å². The van der Waals surface area contributed by atoms with E-state index in [1.807, 2.05) is 30.3 Å². The van der Waals surface area contributed by atoms with Gasteiger partial charge in [0.25, 0.3) is 0 Å². The molecule has 2 aromatic carbocycles. The summed E-state index contributed by atoms with van der Waals surface area (Å²) >= 11 is 5.91. The lowest BCUT2D eigenvalue weighted by molar-refractivity contribution is -0.450. The average molecular weight is 423 g/mol. The smallest absolute Gasteiger partial charge is 0.181 e. The third-order valence-electron chi connectivity index (χ3n) is 6.00. The van der Waals surface area contributed by atoms with Gasteiger partial charge in [0, 0.05) is 5.02 Å². The minimum Gasteiger partial charge on any atom is -0.387 e. The van der Waals surface area contributed by atoms with Crippen molar-refractivity contribution in [3.05, 3.63) is 65.2 Å². The molecule has 7 heteroatoms. The highest BCUT2D eigenvalue weighted by Crippen LogP contribution is 2.50. The maximum atomic E-state index is 13.3. The van der Waals surface area contributed by atoms with Gasteiger partial charge in [-0.15, -0.1) is 0 Å². The lowest BCUT2D eigenvalue weighted by Gasteiger charge is -2.51. The van der Waals surface area contributed by atoms with Gasteiger partial charge in [0.15, 0.2) is 9.84 Å². The third-order valence-corrected chi connectivity index (χ3v) is 8.05. The highest BCUT2D eigenvalue weighted by molar-refractivity contribution is 7.91. The molecule has 2 aromatic rings. The molecule has 28 heavy (non-hydrogen) atoms. The van der Waals surface area contributed by atoms with Crippen LogP contribution in [0.1, 0.15) is 31.7 Å². The van der Waals surface area contributed by atoms with Gasteiger partial charge in [0.2, 0.25) is 0 Å². The van der Waals surface area contributed by atoms with Crippen LogP contribution in [0.5, 0.6) is 0 Å². The Kier molecular flexibility index (Phi) is 5.04. The van der Waals surface area contributed by atoms with E-state index in [2.05, 4.69) is 0 Å². The van der Waals surface area contributed by atoms with Crippen LogP contribution in [0.15, 0.2) is 59.5 Å². The summed E-state index contributed by atoms with van der Waals surface area (Å²) in [5, 5.41) is 11.0. The summed E-state index contributed by atoms with van der Waals surface area (Å²) < 4.78 is 26.5. The van der Waals surface area contributed by atoms with E-state index in [4.69, 9.17) is 21.4 Å². The number of rotatable bonds is 4. The van der Waals surface area contributed by atoms with E-state index in [0.717, 1.165) is 5.56 Å². The van der Waals surface area contributed by atoms with Gasteiger partial charge in [-0.25, -0.2) is 18.2 Å². The zero-order chi connectivity index (χ0) is 20.0. The summed E-state index contributed by atoms with van der Waals surface area (Å²) in [7, 11) is -3.67. The molecule has 2 aliphatic rings. The number of hydrogen-bond donors (Lipinski definition) is 1. The minimum absolute atomic E-state index is 0.0871. The van der Waals surface area contributed by atoms with E-state index in [0.29, 0.717) is 24.3 Å². The lowest BCUT2D eigenvalue weighted by atomic mass is 9.68. The number of halogens is 1. The molecule has 1 aliphatic carbocycles. The Labute approximate surface area is 170 Å².